The Labute approximate surface area is 131 Å². The second-order valence-electron chi connectivity index (χ2n) is 5.72. The molecule has 0 radical (unpaired) electrons. The molecule has 0 atom stereocenters. The van der Waals surface area contributed by atoms with E-state index >= 15 is 0 Å². The van der Waals surface area contributed by atoms with Gasteiger partial charge in [0.2, 0.25) is 0 Å². The summed E-state index contributed by atoms with van der Waals surface area (Å²) in [6, 6.07) is 11.3. The Morgan fingerprint density at radius 2 is 1.87 bits per heavy atom. The van der Waals surface area contributed by atoms with Crippen molar-refractivity contribution in [1.29, 1.82) is 0 Å². The zero-order valence-corrected chi connectivity index (χ0v) is 12.3. The molecule has 114 valence electrons. The van der Waals surface area contributed by atoms with Gasteiger partial charge in [0.15, 0.2) is 5.43 Å². The minimum absolute atomic E-state index is 0.00348. The summed E-state index contributed by atoms with van der Waals surface area (Å²) in [4.78, 5) is 12.6. The number of hydrogen-bond acceptors (Lipinski definition) is 3. The van der Waals surface area contributed by atoms with Gasteiger partial charge in [-0.25, -0.2) is 4.39 Å². The van der Waals surface area contributed by atoms with E-state index in [1.807, 2.05) is 6.08 Å². The maximum Gasteiger partial charge on any atom is 0.196 e. The summed E-state index contributed by atoms with van der Waals surface area (Å²) in [5.74, 6) is 0.351. The van der Waals surface area contributed by atoms with E-state index in [0.29, 0.717) is 34.4 Å². The molecule has 2 aromatic carbocycles. The van der Waals surface area contributed by atoms with Crippen LogP contribution in [-0.4, -0.2) is 0 Å². The SMILES string of the molecule is Nc1ccc2c(=O)c3c(oc2c1)/C(=C/c1ccc(F)cc1)CC3. The molecule has 0 spiro atoms. The molecule has 23 heavy (non-hydrogen) atoms. The number of fused-ring (bicyclic) bond motifs is 2. The lowest BCUT2D eigenvalue weighted by Crippen LogP contribution is -2.08. The molecular formula is C19H14FNO2. The van der Waals surface area contributed by atoms with Crippen molar-refractivity contribution in [2.45, 2.75) is 12.8 Å². The van der Waals surface area contributed by atoms with Gasteiger partial charge in [-0.3, -0.25) is 4.79 Å². The van der Waals surface area contributed by atoms with Gasteiger partial charge in [-0.2, -0.15) is 0 Å². The molecule has 3 nitrogen and oxygen atoms in total. The highest BCUT2D eigenvalue weighted by Gasteiger charge is 2.23. The first-order chi connectivity index (χ1) is 11.1. The fraction of sp³-hybridized carbons (Fsp3) is 0.105. The zero-order chi connectivity index (χ0) is 16.0. The van der Waals surface area contributed by atoms with Crippen molar-refractivity contribution in [3.63, 3.8) is 0 Å². The summed E-state index contributed by atoms with van der Waals surface area (Å²) in [5, 5.41) is 0.556. The van der Waals surface area contributed by atoms with Gasteiger partial charge in [0.1, 0.15) is 17.2 Å². The highest BCUT2D eigenvalue weighted by atomic mass is 19.1. The third-order valence-corrected chi connectivity index (χ3v) is 4.16. The van der Waals surface area contributed by atoms with E-state index in [2.05, 4.69) is 0 Å². The van der Waals surface area contributed by atoms with Crippen LogP contribution in [0.3, 0.4) is 0 Å². The standard InChI is InChI=1S/C19H14FNO2/c20-13-4-1-11(2-5-13)9-12-3-7-16-18(22)15-8-6-14(21)10-17(15)23-19(12)16/h1-2,4-6,8-10H,3,7,21H2/b12-9+. The molecule has 2 N–H and O–H groups in total. The van der Waals surface area contributed by atoms with Crippen LogP contribution in [0.15, 0.2) is 51.7 Å². The van der Waals surface area contributed by atoms with Gasteiger partial charge in [-0.1, -0.05) is 12.1 Å². The third-order valence-electron chi connectivity index (χ3n) is 4.16. The second-order valence-corrected chi connectivity index (χ2v) is 5.72. The van der Waals surface area contributed by atoms with Crippen molar-refractivity contribution in [3.05, 3.63) is 75.4 Å². The van der Waals surface area contributed by atoms with Crippen LogP contribution in [-0.2, 0) is 6.42 Å². The highest BCUT2D eigenvalue weighted by molar-refractivity contribution is 5.87. The fourth-order valence-corrected chi connectivity index (χ4v) is 3.01. The molecule has 0 saturated heterocycles. The largest absolute Gasteiger partial charge is 0.456 e. The molecular weight excluding hydrogens is 293 g/mol. The Morgan fingerprint density at radius 1 is 1.09 bits per heavy atom. The molecule has 1 aromatic heterocycles. The smallest absolute Gasteiger partial charge is 0.196 e. The van der Waals surface area contributed by atoms with Gasteiger partial charge in [-0.05, 0) is 54.3 Å². The lowest BCUT2D eigenvalue weighted by Gasteiger charge is -2.04. The summed E-state index contributed by atoms with van der Waals surface area (Å²) in [6.07, 6.45) is 3.33. The average molecular weight is 307 g/mol. The Morgan fingerprint density at radius 3 is 2.65 bits per heavy atom. The van der Waals surface area contributed by atoms with Crippen LogP contribution in [0.2, 0.25) is 0 Å². The van der Waals surface area contributed by atoms with Crippen LogP contribution in [0.25, 0.3) is 22.6 Å². The summed E-state index contributed by atoms with van der Waals surface area (Å²) in [6.45, 7) is 0. The van der Waals surface area contributed by atoms with E-state index in [1.165, 1.54) is 12.1 Å². The van der Waals surface area contributed by atoms with E-state index in [4.69, 9.17) is 10.2 Å². The quantitative estimate of drug-likeness (QED) is 0.691. The van der Waals surface area contributed by atoms with Gasteiger partial charge >= 0.3 is 0 Å². The van der Waals surface area contributed by atoms with E-state index in [0.717, 1.165) is 17.6 Å². The lowest BCUT2D eigenvalue weighted by molar-refractivity contribution is 0.585. The molecule has 3 aromatic rings. The monoisotopic (exact) mass is 307 g/mol. The van der Waals surface area contributed by atoms with Crippen molar-refractivity contribution in [2.24, 2.45) is 0 Å². The molecule has 0 fully saturated rings. The van der Waals surface area contributed by atoms with Crippen molar-refractivity contribution in [2.75, 3.05) is 5.73 Å². The minimum Gasteiger partial charge on any atom is -0.456 e. The van der Waals surface area contributed by atoms with Crippen molar-refractivity contribution in [3.8, 4) is 0 Å². The van der Waals surface area contributed by atoms with E-state index in [-0.39, 0.29) is 11.2 Å². The summed E-state index contributed by atoms with van der Waals surface area (Å²) < 4.78 is 19.0. The topological polar surface area (TPSA) is 56.2 Å². The number of hydrogen-bond donors (Lipinski definition) is 1. The third kappa shape index (κ3) is 2.32. The average Bonchev–Trinajstić information content (AvgIpc) is 2.93. The van der Waals surface area contributed by atoms with Crippen LogP contribution < -0.4 is 11.2 Å². The Kier molecular flexibility index (Phi) is 3.05. The maximum absolute atomic E-state index is 13.0. The maximum atomic E-state index is 13.0. The molecule has 1 aliphatic carbocycles. The Bertz CT molecular complexity index is 1000. The van der Waals surface area contributed by atoms with Crippen LogP contribution in [0.5, 0.6) is 0 Å². The summed E-state index contributed by atoms with van der Waals surface area (Å²) in [5.41, 5.74) is 9.38. The van der Waals surface area contributed by atoms with Crippen molar-refractivity contribution < 1.29 is 8.81 Å². The van der Waals surface area contributed by atoms with Gasteiger partial charge in [0.05, 0.1) is 5.39 Å². The second kappa shape index (κ2) is 5.09. The first-order valence-corrected chi connectivity index (χ1v) is 7.43. The van der Waals surface area contributed by atoms with E-state index in [9.17, 15) is 9.18 Å². The van der Waals surface area contributed by atoms with Crippen molar-refractivity contribution >= 4 is 28.3 Å². The fourth-order valence-electron chi connectivity index (χ4n) is 3.01. The number of allylic oxidation sites excluding steroid dienone is 1. The number of rotatable bonds is 1. The van der Waals surface area contributed by atoms with Crippen LogP contribution >= 0.6 is 0 Å². The van der Waals surface area contributed by atoms with Crippen LogP contribution in [0.4, 0.5) is 10.1 Å². The number of nitrogens with two attached hydrogens (primary N) is 1. The molecule has 0 unspecified atom stereocenters. The van der Waals surface area contributed by atoms with E-state index < -0.39 is 0 Å². The molecule has 1 heterocycles. The molecule has 1 aliphatic rings. The predicted octanol–water partition coefficient (Wildman–Crippen LogP) is 4.00. The van der Waals surface area contributed by atoms with Crippen molar-refractivity contribution in [1.82, 2.24) is 0 Å². The van der Waals surface area contributed by atoms with Gasteiger partial charge in [0.25, 0.3) is 0 Å². The van der Waals surface area contributed by atoms with Gasteiger partial charge in [0, 0.05) is 17.3 Å². The Balaban J connectivity index is 1.89. The molecule has 4 rings (SSSR count). The molecule has 0 saturated carbocycles. The Hall–Kier alpha value is -2.88. The summed E-state index contributed by atoms with van der Waals surface area (Å²) >= 11 is 0. The van der Waals surface area contributed by atoms with Crippen LogP contribution in [0, 0.1) is 5.82 Å². The zero-order valence-electron chi connectivity index (χ0n) is 12.3. The first kappa shape index (κ1) is 13.8. The predicted molar refractivity (Wildman–Crippen MR) is 89.5 cm³/mol. The molecule has 4 heteroatoms. The lowest BCUT2D eigenvalue weighted by atomic mass is 10.1. The molecule has 0 aliphatic heterocycles. The first-order valence-electron chi connectivity index (χ1n) is 7.43. The molecule has 0 amide bonds. The van der Waals surface area contributed by atoms with Gasteiger partial charge in [-0.15, -0.1) is 0 Å². The summed E-state index contributed by atoms with van der Waals surface area (Å²) in [7, 11) is 0. The number of halogens is 1. The number of benzene rings is 2. The normalized spacial score (nSPS) is 15.3. The highest BCUT2D eigenvalue weighted by Crippen LogP contribution is 2.34. The molecule has 0 bridgehead atoms. The van der Waals surface area contributed by atoms with Crippen LogP contribution in [0.1, 0.15) is 23.3 Å². The van der Waals surface area contributed by atoms with E-state index in [1.54, 1.807) is 30.3 Å². The number of nitrogen functional groups attached to an aromatic ring is 1. The number of anilines is 1. The van der Waals surface area contributed by atoms with Gasteiger partial charge < -0.3 is 10.2 Å². The minimum atomic E-state index is -0.271.